The van der Waals surface area contributed by atoms with E-state index in [0.717, 1.165) is 11.6 Å². The molecule has 200 valence electrons. The van der Waals surface area contributed by atoms with Gasteiger partial charge in [-0.05, 0) is 35.7 Å². The minimum Gasteiger partial charge on any atom is -0.480 e. The number of rotatable bonds is 8. The number of carboxylic acid groups (broad SMARTS) is 1. The maximum atomic E-state index is 13.6. The van der Waals surface area contributed by atoms with Crippen LogP contribution in [0.15, 0.2) is 72.8 Å². The largest absolute Gasteiger partial charge is 0.480 e. The Kier molecular flexibility index (Phi) is 7.70. The van der Waals surface area contributed by atoms with Crippen LogP contribution in [0.4, 0.5) is 17.1 Å². The second-order valence-electron chi connectivity index (χ2n) is 9.45. The zero-order valence-electron chi connectivity index (χ0n) is 21.2. The van der Waals surface area contributed by atoms with Gasteiger partial charge in [0.05, 0.1) is 16.3 Å². The highest BCUT2D eigenvalue weighted by molar-refractivity contribution is 6.17. The monoisotopic (exact) mass is 530 g/mol. The van der Waals surface area contributed by atoms with Crippen LogP contribution in [0.25, 0.3) is 0 Å². The van der Waals surface area contributed by atoms with Gasteiger partial charge in [-0.25, -0.2) is 4.79 Å². The second-order valence-corrected chi connectivity index (χ2v) is 9.45. The number of amides is 3. The summed E-state index contributed by atoms with van der Waals surface area (Å²) in [5.74, 6) is -3.27. The van der Waals surface area contributed by atoms with Gasteiger partial charge < -0.3 is 15.7 Å². The summed E-state index contributed by atoms with van der Waals surface area (Å²) >= 11 is 0. The predicted octanol–water partition coefficient (Wildman–Crippen LogP) is 3.64. The lowest BCUT2D eigenvalue weighted by molar-refractivity contribution is -0.384. The second kappa shape index (κ2) is 11.1. The van der Waals surface area contributed by atoms with E-state index < -0.39 is 40.7 Å². The van der Waals surface area contributed by atoms with E-state index in [1.54, 1.807) is 44.2 Å². The molecule has 11 nitrogen and oxygen atoms in total. The van der Waals surface area contributed by atoms with Gasteiger partial charge in [-0.3, -0.25) is 29.4 Å². The number of carbonyl (C=O) groups excluding carboxylic acids is 3. The number of non-ortho nitro benzene ring substituents is 1. The third kappa shape index (κ3) is 5.77. The molecule has 0 saturated heterocycles. The molecule has 1 aliphatic heterocycles. The highest BCUT2D eigenvalue weighted by Crippen LogP contribution is 2.36. The first-order valence-electron chi connectivity index (χ1n) is 12.2. The smallest absolute Gasteiger partial charge is 0.326 e. The minimum atomic E-state index is -1.20. The van der Waals surface area contributed by atoms with E-state index >= 15 is 0 Å². The SMILES string of the molecule is CC(C)C1C(=O)Nc2cc(C(=O)NC(Cc3ccccc3)C(=O)O)ccc2N1C(=O)c1cccc([N+](=O)[O-])c1. The third-order valence-corrected chi connectivity index (χ3v) is 6.36. The Morgan fingerprint density at radius 3 is 2.38 bits per heavy atom. The summed E-state index contributed by atoms with van der Waals surface area (Å²) in [6.45, 7) is 3.53. The molecule has 0 radical (unpaired) electrons. The molecule has 2 atom stereocenters. The number of aliphatic carboxylic acids is 1. The number of fused-ring (bicyclic) bond motifs is 1. The topological polar surface area (TPSA) is 159 Å². The van der Waals surface area contributed by atoms with E-state index in [1.807, 2.05) is 0 Å². The zero-order valence-corrected chi connectivity index (χ0v) is 21.2. The molecule has 0 aromatic heterocycles. The van der Waals surface area contributed by atoms with Crippen molar-refractivity contribution in [3.05, 3.63) is 99.6 Å². The van der Waals surface area contributed by atoms with Crippen LogP contribution in [0.3, 0.4) is 0 Å². The van der Waals surface area contributed by atoms with E-state index in [-0.39, 0.29) is 34.8 Å². The third-order valence-electron chi connectivity index (χ3n) is 6.36. The van der Waals surface area contributed by atoms with Crippen molar-refractivity contribution >= 4 is 40.8 Å². The van der Waals surface area contributed by atoms with Crippen LogP contribution < -0.4 is 15.5 Å². The van der Waals surface area contributed by atoms with Gasteiger partial charge in [0, 0.05) is 29.7 Å². The highest BCUT2D eigenvalue weighted by atomic mass is 16.6. The Bertz CT molecular complexity index is 1460. The number of nitro benzene ring substituents is 1. The number of nitrogens with one attached hydrogen (secondary N) is 2. The van der Waals surface area contributed by atoms with Crippen LogP contribution in [0.1, 0.15) is 40.1 Å². The van der Waals surface area contributed by atoms with Crippen LogP contribution in [-0.2, 0) is 16.0 Å². The molecule has 0 spiro atoms. The van der Waals surface area contributed by atoms with E-state index in [2.05, 4.69) is 10.6 Å². The van der Waals surface area contributed by atoms with Crippen LogP contribution >= 0.6 is 0 Å². The van der Waals surface area contributed by atoms with Crippen molar-refractivity contribution < 1.29 is 29.2 Å². The molecular formula is C28H26N4O7. The fraction of sp³-hybridized carbons (Fsp3) is 0.214. The maximum absolute atomic E-state index is 13.6. The number of hydrogen-bond donors (Lipinski definition) is 3. The molecule has 3 N–H and O–H groups in total. The van der Waals surface area contributed by atoms with Gasteiger partial charge in [-0.15, -0.1) is 0 Å². The molecule has 0 saturated carbocycles. The van der Waals surface area contributed by atoms with Crippen molar-refractivity contribution in [2.24, 2.45) is 5.92 Å². The van der Waals surface area contributed by atoms with Crippen molar-refractivity contribution in [2.45, 2.75) is 32.4 Å². The van der Waals surface area contributed by atoms with Gasteiger partial charge in [-0.2, -0.15) is 0 Å². The molecule has 3 aromatic carbocycles. The lowest BCUT2D eigenvalue weighted by Crippen LogP contribution is -2.53. The molecule has 39 heavy (non-hydrogen) atoms. The van der Waals surface area contributed by atoms with E-state index in [0.29, 0.717) is 5.69 Å². The Balaban J connectivity index is 1.66. The van der Waals surface area contributed by atoms with E-state index in [1.165, 1.54) is 41.3 Å². The molecule has 0 fully saturated rings. The van der Waals surface area contributed by atoms with E-state index in [4.69, 9.17) is 0 Å². The average molecular weight is 531 g/mol. The lowest BCUT2D eigenvalue weighted by atomic mass is 9.95. The highest BCUT2D eigenvalue weighted by Gasteiger charge is 2.39. The Hall–Kier alpha value is -5.06. The minimum absolute atomic E-state index is 0.0301. The zero-order chi connectivity index (χ0) is 28.3. The Labute approximate surface area is 223 Å². The number of nitrogens with zero attached hydrogens (tertiary/aromatic N) is 2. The lowest BCUT2D eigenvalue weighted by Gasteiger charge is -2.38. The predicted molar refractivity (Wildman–Crippen MR) is 143 cm³/mol. The summed E-state index contributed by atoms with van der Waals surface area (Å²) in [4.78, 5) is 63.4. The summed E-state index contributed by atoms with van der Waals surface area (Å²) in [6, 6.07) is 16.3. The number of carbonyl (C=O) groups is 4. The van der Waals surface area contributed by atoms with Crippen molar-refractivity contribution in [3.63, 3.8) is 0 Å². The first-order chi connectivity index (χ1) is 18.6. The quantitative estimate of drug-likeness (QED) is 0.296. The van der Waals surface area contributed by atoms with E-state index in [9.17, 15) is 34.4 Å². The number of carboxylic acids is 1. The molecule has 1 aliphatic rings. The molecule has 3 amide bonds. The van der Waals surface area contributed by atoms with Gasteiger partial charge in [0.1, 0.15) is 12.1 Å². The summed E-state index contributed by atoms with van der Waals surface area (Å²) in [5, 5.41) is 26.1. The summed E-state index contributed by atoms with van der Waals surface area (Å²) in [7, 11) is 0. The van der Waals surface area contributed by atoms with Crippen LogP contribution in [-0.4, -0.2) is 45.8 Å². The number of hydrogen-bond acceptors (Lipinski definition) is 6. The normalized spacial score (nSPS) is 15.2. The maximum Gasteiger partial charge on any atom is 0.326 e. The van der Waals surface area contributed by atoms with Gasteiger partial charge in [0.2, 0.25) is 5.91 Å². The van der Waals surface area contributed by atoms with Gasteiger partial charge in [-0.1, -0.05) is 50.2 Å². The molecule has 3 aromatic rings. The summed E-state index contributed by atoms with van der Waals surface area (Å²) in [5.41, 5.74) is 1.07. The van der Waals surface area contributed by atoms with Crippen molar-refractivity contribution in [1.29, 1.82) is 0 Å². The number of nitro groups is 1. The fourth-order valence-corrected chi connectivity index (χ4v) is 4.48. The van der Waals surface area contributed by atoms with Crippen molar-refractivity contribution in [3.8, 4) is 0 Å². The number of anilines is 2. The molecule has 0 bridgehead atoms. The molecule has 11 heteroatoms. The number of benzene rings is 3. The average Bonchev–Trinajstić information content (AvgIpc) is 2.91. The molecule has 4 rings (SSSR count). The van der Waals surface area contributed by atoms with Gasteiger partial charge in [0.15, 0.2) is 0 Å². The van der Waals surface area contributed by atoms with Crippen molar-refractivity contribution in [1.82, 2.24) is 5.32 Å². The molecule has 1 heterocycles. The summed E-state index contributed by atoms with van der Waals surface area (Å²) in [6.07, 6.45) is 0.0746. The molecular weight excluding hydrogens is 504 g/mol. The van der Waals surface area contributed by atoms with Gasteiger partial charge >= 0.3 is 5.97 Å². The Morgan fingerprint density at radius 1 is 1.03 bits per heavy atom. The van der Waals surface area contributed by atoms with Crippen LogP contribution in [0.2, 0.25) is 0 Å². The van der Waals surface area contributed by atoms with Crippen LogP contribution in [0, 0.1) is 16.0 Å². The fourth-order valence-electron chi connectivity index (χ4n) is 4.48. The first-order valence-corrected chi connectivity index (χ1v) is 12.2. The molecule has 2 unspecified atom stereocenters. The summed E-state index contributed by atoms with van der Waals surface area (Å²) < 4.78 is 0. The van der Waals surface area contributed by atoms with Crippen molar-refractivity contribution in [2.75, 3.05) is 10.2 Å². The van der Waals surface area contributed by atoms with Crippen LogP contribution in [0.5, 0.6) is 0 Å². The standard InChI is InChI=1S/C28H26N4O7/c1-16(2)24-26(34)29-21-15-18(25(33)30-22(28(36)37)13-17-7-4-3-5-8-17)11-12-23(21)31(24)27(35)19-9-6-10-20(14-19)32(38)39/h3-12,14-16,22,24H,13H2,1-2H3,(H,29,34)(H,30,33)(H,36,37). The molecule has 0 aliphatic carbocycles. The Morgan fingerprint density at radius 2 is 1.74 bits per heavy atom. The van der Waals surface area contributed by atoms with Gasteiger partial charge in [0.25, 0.3) is 17.5 Å². The first kappa shape index (κ1) is 27.0.